The Bertz CT molecular complexity index is 598. The Morgan fingerprint density at radius 3 is 2.56 bits per heavy atom. The Labute approximate surface area is 108 Å². The van der Waals surface area contributed by atoms with Gasteiger partial charge in [-0.3, -0.25) is 0 Å². The summed E-state index contributed by atoms with van der Waals surface area (Å²) in [5, 5.41) is 0. The van der Waals surface area contributed by atoms with Crippen LogP contribution in [-0.4, -0.2) is 0 Å². The Balaban J connectivity index is 2.21. The van der Waals surface area contributed by atoms with Gasteiger partial charge in [0, 0.05) is 17.6 Å². The van der Waals surface area contributed by atoms with E-state index in [0.717, 1.165) is 12.8 Å². The first-order valence-electron chi connectivity index (χ1n) is 6.39. The fourth-order valence-corrected chi connectivity index (χ4v) is 2.70. The van der Waals surface area contributed by atoms with Crippen molar-refractivity contribution >= 4 is 11.4 Å². The molecular weight excluding hydrogens is 218 g/mol. The number of rotatable bonds is 1. The fraction of sp³-hybridized carbons (Fsp3) is 0.176. The van der Waals surface area contributed by atoms with Crippen molar-refractivity contribution in [3.05, 3.63) is 71.9 Å². The number of anilines is 2. The van der Waals surface area contributed by atoms with E-state index in [1.807, 2.05) is 6.20 Å². The topological polar surface area (TPSA) is 3.24 Å². The molecule has 0 amide bonds. The molecule has 0 saturated heterocycles. The largest absolute Gasteiger partial charge is 0.317 e. The van der Waals surface area contributed by atoms with Crippen LogP contribution in [0, 0.1) is 6.92 Å². The van der Waals surface area contributed by atoms with Gasteiger partial charge in [0.15, 0.2) is 0 Å². The number of hydrogen-bond acceptors (Lipinski definition) is 1. The zero-order valence-electron chi connectivity index (χ0n) is 10.7. The summed E-state index contributed by atoms with van der Waals surface area (Å²) in [6.45, 7) is 6.12. The van der Waals surface area contributed by atoms with Crippen LogP contribution in [0.4, 0.5) is 11.4 Å². The normalized spacial score (nSPS) is 13.5. The van der Waals surface area contributed by atoms with Gasteiger partial charge >= 0.3 is 0 Å². The summed E-state index contributed by atoms with van der Waals surface area (Å²) in [5.74, 6) is 0. The highest BCUT2D eigenvalue weighted by atomic mass is 15.1. The molecule has 0 aliphatic carbocycles. The van der Waals surface area contributed by atoms with Crippen molar-refractivity contribution in [2.45, 2.75) is 19.8 Å². The number of hydrogen-bond donors (Lipinski definition) is 0. The van der Waals surface area contributed by atoms with Crippen molar-refractivity contribution in [2.75, 3.05) is 4.90 Å². The number of fused-ring (bicyclic) bond motifs is 2. The van der Waals surface area contributed by atoms with E-state index in [1.54, 1.807) is 0 Å². The van der Waals surface area contributed by atoms with Crippen molar-refractivity contribution < 1.29 is 0 Å². The summed E-state index contributed by atoms with van der Waals surface area (Å²) in [7, 11) is 0. The minimum absolute atomic E-state index is 1.09. The fourth-order valence-electron chi connectivity index (χ4n) is 2.70. The van der Waals surface area contributed by atoms with E-state index in [9.17, 15) is 0 Å². The van der Waals surface area contributed by atoms with E-state index in [2.05, 4.69) is 60.9 Å². The highest BCUT2D eigenvalue weighted by molar-refractivity contribution is 5.73. The molecule has 0 unspecified atom stereocenters. The van der Waals surface area contributed by atoms with Crippen LogP contribution in [0.15, 0.2) is 55.2 Å². The molecule has 0 radical (unpaired) electrons. The van der Waals surface area contributed by atoms with Crippen LogP contribution in [0.1, 0.15) is 16.7 Å². The third-order valence-electron chi connectivity index (χ3n) is 3.59. The summed E-state index contributed by atoms with van der Waals surface area (Å²) in [5.41, 5.74) is 6.65. The third kappa shape index (κ3) is 1.72. The third-order valence-corrected chi connectivity index (χ3v) is 3.59. The van der Waals surface area contributed by atoms with E-state index in [1.165, 1.54) is 28.1 Å². The van der Waals surface area contributed by atoms with Crippen molar-refractivity contribution in [1.82, 2.24) is 0 Å². The average Bonchev–Trinajstić information content (AvgIpc) is 2.55. The predicted octanol–water partition coefficient (Wildman–Crippen LogP) is 4.38. The molecule has 0 atom stereocenters. The summed E-state index contributed by atoms with van der Waals surface area (Å²) in [6, 6.07) is 15.3. The van der Waals surface area contributed by atoms with E-state index >= 15 is 0 Å². The summed E-state index contributed by atoms with van der Waals surface area (Å²) >= 11 is 0. The van der Waals surface area contributed by atoms with E-state index in [0.29, 0.717) is 0 Å². The first-order chi connectivity index (χ1) is 8.79. The molecule has 0 bridgehead atoms. The van der Waals surface area contributed by atoms with Crippen LogP contribution in [0.3, 0.4) is 0 Å². The lowest BCUT2D eigenvalue weighted by Gasteiger charge is -2.22. The van der Waals surface area contributed by atoms with Gasteiger partial charge in [-0.2, -0.15) is 0 Å². The Hall–Kier alpha value is -2.02. The van der Waals surface area contributed by atoms with Gasteiger partial charge in [-0.1, -0.05) is 42.5 Å². The monoisotopic (exact) mass is 235 g/mol. The van der Waals surface area contributed by atoms with Crippen LogP contribution in [0.25, 0.3) is 0 Å². The Morgan fingerprint density at radius 1 is 1.00 bits per heavy atom. The maximum atomic E-state index is 3.97. The molecule has 1 heteroatoms. The quantitative estimate of drug-likeness (QED) is 0.709. The molecule has 1 aliphatic rings. The zero-order valence-corrected chi connectivity index (χ0v) is 10.7. The van der Waals surface area contributed by atoms with Crippen LogP contribution in [0.5, 0.6) is 0 Å². The first kappa shape index (κ1) is 11.1. The molecule has 0 spiro atoms. The lowest BCUT2D eigenvalue weighted by Crippen LogP contribution is -2.09. The van der Waals surface area contributed by atoms with Crippen LogP contribution < -0.4 is 4.90 Å². The molecule has 0 fully saturated rings. The lowest BCUT2D eigenvalue weighted by atomic mass is 10.0. The van der Waals surface area contributed by atoms with Gasteiger partial charge in [-0.15, -0.1) is 0 Å². The highest BCUT2D eigenvalue weighted by Gasteiger charge is 2.17. The van der Waals surface area contributed by atoms with Gasteiger partial charge in [0.25, 0.3) is 0 Å². The molecule has 0 saturated carbocycles. The maximum Gasteiger partial charge on any atom is 0.0487 e. The summed E-state index contributed by atoms with van der Waals surface area (Å²) in [6.07, 6.45) is 4.10. The highest BCUT2D eigenvalue weighted by Crippen LogP contribution is 2.36. The second-order valence-electron chi connectivity index (χ2n) is 4.81. The molecule has 1 aliphatic heterocycles. The second-order valence-corrected chi connectivity index (χ2v) is 4.81. The molecule has 0 N–H and O–H groups in total. The van der Waals surface area contributed by atoms with Crippen molar-refractivity contribution in [3.63, 3.8) is 0 Å². The van der Waals surface area contributed by atoms with Gasteiger partial charge in [0.05, 0.1) is 0 Å². The minimum atomic E-state index is 1.09. The van der Waals surface area contributed by atoms with E-state index in [4.69, 9.17) is 0 Å². The molecule has 3 rings (SSSR count). The Morgan fingerprint density at radius 2 is 1.72 bits per heavy atom. The zero-order chi connectivity index (χ0) is 12.5. The van der Waals surface area contributed by atoms with E-state index in [-0.39, 0.29) is 0 Å². The number of para-hydroxylation sites is 1. The van der Waals surface area contributed by atoms with Crippen molar-refractivity contribution in [1.29, 1.82) is 0 Å². The smallest absolute Gasteiger partial charge is 0.0487 e. The second kappa shape index (κ2) is 4.34. The molecule has 2 aromatic carbocycles. The predicted molar refractivity (Wildman–Crippen MR) is 77.4 cm³/mol. The summed E-state index contributed by atoms with van der Waals surface area (Å²) < 4.78 is 0. The number of aryl methyl sites for hydroxylation is 3. The van der Waals surface area contributed by atoms with Crippen LogP contribution in [-0.2, 0) is 12.8 Å². The van der Waals surface area contributed by atoms with Gasteiger partial charge < -0.3 is 4.90 Å². The molecular formula is C17H17N. The Kier molecular flexibility index (Phi) is 2.67. The van der Waals surface area contributed by atoms with Crippen molar-refractivity contribution in [3.8, 4) is 0 Å². The molecule has 1 heterocycles. The van der Waals surface area contributed by atoms with Gasteiger partial charge in [0.2, 0.25) is 0 Å². The molecule has 90 valence electrons. The number of nitrogens with zero attached hydrogens (tertiary/aromatic N) is 1. The van der Waals surface area contributed by atoms with Crippen molar-refractivity contribution in [2.24, 2.45) is 0 Å². The molecule has 0 aromatic heterocycles. The van der Waals surface area contributed by atoms with Gasteiger partial charge in [0.1, 0.15) is 0 Å². The summed E-state index contributed by atoms with van der Waals surface area (Å²) in [4.78, 5) is 2.21. The van der Waals surface area contributed by atoms with Gasteiger partial charge in [-0.25, -0.2) is 0 Å². The SMILES string of the molecule is C=CN1c2ccccc2CCc2cc(C)ccc21. The molecule has 2 aromatic rings. The van der Waals surface area contributed by atoms with Gasteiger partial charge in [-0.05, 0) is 43.0 Å². The minimum Gasteiger partial charge on any atom is -0.317 e. The molecule has 18 heavy (non-hydrogen) atoms. The lowest BCUT2D eigenvalue weighted by molar-refractivity contribution is 0.975. The van der Waals surface area contributed by atoms with Crippen LogP contribution in [0.2, 0.25) is 0 Å². The van der Waals surface area contributed by atoms with E-state index < -0.39 is 0 Å². The number of benzene rings is 2. The van der Waals surface area contributed by atoms with Crippen LogP contribution >= 0.6 is 0 Å². The first-order valence-corrected chi connectivity index (χ1v) is 6.39. The maximum absolute atomic E-state index is 3.97. The average molecular weight is 235 g/mol. The molecule has 1 nitrogen and oxygen atoms in total. The standard InChI is InChI=1S/C17H17N/c1-3-18-16-7-5-4-6-14(16)9-10-15-12-13(2)8-11-17(15)18/h3-8,11-12H,1,9-10H2,2H3.